The second kappa shape index (κ2) is 8.08. The Bertz CT molecular complexity index is 2380. The lowest BCUT2D eigenvalue weighted by molar-refractivity contribution is 0.615. The molecule has 186 valence electrons. The van der Waals surface area contributed by atoms with Gasteiger partial charge in [-0.05, 0) is 67.7 Å². The standard InChI is InChI=1S/C38H22O2/c1-2-10-24-21-25(18-17-23(24)9-1)34-28-12-3-5-14-30(28)35(31-15-6-4-13-29(31)34)36-37-26(19-20-39-37)22-32-27-11-7-8-16-33(27)40-38(32)36/h1-22H. The van der Waals surface area contributed by atoms with Crippen molar-refractivity contribution in [1.29, 1.82) is 0 Å². The van der Waals surface area contributed by atoms with Crippen molar-refractivity contribution in [3.05, 3.63) is 134 Å². The van der Waals surface area contributed by atoms with Crippen molar-refractivity contribution < 1.29 is 8.83 Å². The molecular weight excluding hydrogens is 488 g/mol. The van der Waals surface area contributed by atoms with Gasteiger partial charge >= 0.3 is 0 Å². The molecule has 0 N–H and O–H groups in total. The SMILES string of the molecule is c1ccc2cc(-c3c4ccccc4c(-c4c5occc5cc5c4oc4ccccc45)c4ccccc34)ccc2c1. The summed E-state index contributed by atoms with van der Waals surface area (Å²) in [6.07, 6.45) is 1.78. The van der Waals surface area contributed by atoms with Gasteiger partial charge in [0.2, 0.25) is 0 Å². The van der Waals surface area contributed by atoms with Crippen molar-refractivity contribution in [2.24, 2.45) is 0 Å². The largest absolute Gasteiger partial charge is 0.464 e. The van der Waals surface area contributed by atoms with E-state index in [1.165, 1.54) is 43.4 Å². The minimum absolute atomic E-state index is 0.848. The van der Waals surface area contributed by atoms with Gasteiger partial charge in [0.05, 0.1) is 11.8 Å². The van der Waals surface area contributed by atoms with Crippen molar-refractivity contribution in [2.45, 2.75) is 0 Å². The summed E-state index contributed by atoms with van der Waals surface area (Å²) in [5.74, 6) is 0. The van der Waals surface area contributed by atoms with Gasteiger partial charge in [-0.3, -0.25) is 0 Å². The normalized spacial score (nSPS) is 12.0. The van der Waals surface area contributed by atoms with E-state index in [-0.39, 0.29) is 0 Å². The molecular formula is C38H22O2. The van der Waals surface area contributed by atoms with Gasteiger partial charge in [-0.15, -0.1) is 0 Å². The summed E-state index contributed by atoms with van der Waals surface area (Å²) in [4.78, 5) is 0. The zero-order valence-electron chi connectivity index (χ0n) is 21.5. The van der Waals surface area contributed by atoms with Gasteiger partial charge in [0.25, 0.3) is 0 Å². The molecule has 2 nitrogen and oxygen atoms in total. The van der Waals surface area contributed by atoms with Crippen LogP contribution in [0.5, 0.6) is 0 Å². The zero-order chi connectivity index (χ0) is 26.2. The third kappa shape index (κ3) is 2.93. The number of para-hydroxylation sites is 1. The molecule has 0 fully saturated rings. The predicted octanol–water partition coefficient (Wildman–Crippen LogP) is 11.1. The van der Waals surface area contributed by atoms with E-state index in [1.807, 2.05) is 18.2 Å². The Morgan fingerprint density at radius 1 is 0.375 bits per heavy atom. The molecule has 2 aromatic heterocycles. The van der Waals surface area contributed by atoms with Gasteiger partial charge in [-0.25, -0.2) is 0 Å². The van der Waals surface area contributed by atoms with Gasteiger partial charge < -0.3 is 8.83 Å². The first kappa shape index (κ1) is 21.6. The van der Waals surface area contributed by atoms with Crippen LogP contribution in [0.2, 0.25) is 0 Å². The number of hydrogen-bond donors (Lipinski definition) is 0. The molecule has 2 heteroatoms. The van der Waals surface area contributed by atoms with E-state index in [0.717, 1.165) is 44.0 Å². The fraction of sp³-hybridized carbons (Fsp3) is 0. The Balaban J connectivity index is 1.49. The van der Waals surface area contributed by atoms with Crippen LogP contribution in [0.1, 0.15) is 0 Å². The van der Waals surface area contributed by atoms with E-state index in [4.69, 9.17) is 8.83 Å². The molecule has 0 radical (unpaired) electrons. The molecule has 0 saturated heterocycles. The van der Waals surface area contributed by atoms with E-state index < -0.39 is 0 Å². The average molecular weight is 511 g/mol. The first-order valence-corrected chi connectivity index (χ1v) is 13.6. The quantitative estimate of drug-likeness (QED) is 0.216. The molecule has 0 bridgehead atoms. The van der Waals surface area contributed by atoms with Gasteiger partial charge in [0, 0.05) is 21.7 Å². The van der Waals surface area contributed by atoms with Crippen LogP contribution >= 0.6 is 0 Å². The van der Waals surface area contributed by atoms with Crippen LogP contribution in [0.25, 0.3) is 87.5 Å². The molecule has 0 aliphatic heterocycles. The van der Waals surface area contributed by atoms with Crippen molar-refractivity contribution in [2.75, 3.05) is 0 Å². The molecule has 0 saturated carbocycles. The van der Waals surface area contributed by atoms with Crippen molar-refractivity contribution in [3.8, 4) is 22.3 Å². The first-order valence-electron chi connectivity index (χ1n) is 13.6. The Morgan fingerprint density at radius 2 is 1.00 bits per heavy atom. The lowest BCUT2D eigenvalue weighted by Crippen LogP contribution is -1.92. The Hall–Kier alpha value is -5.34. The molecule has 9 rings (SSSR count). The molecule has 40 heavy (non-hydrogen) atoms. The minimum atomic E-state index is 0.848. The Kier molecular flexibility index (Phi) is 4.36. The molecule has 0 aliphatic carbocycles. The van der Waals surface area contributed by atoms with Gasteiger partial charge in [0.15, 0.2) is 0 Å². The van der Waals surface area contributed by atoms with Crippen LogP contribution < -0.4 is 0 Å². The average Bonchev–Trinajstić information content (AvgIpc) is 3.63. The summed E-state index contributed by atoms with van der Waals surface area (Å²) in [6, 6.07) is 45.3. The lowest BCUT2D eigenvalue weighted by Gasteiger charge is -2.18. The van der Waals surface area contributed by atoms with Crippen LogP contribution in [-0.4, -0.2) is 0 Å². The fourth-order valence-electron chi connectivity index (χ4n) is 6.57. The Labute approximate surface area is 229 Å². The second-order valence-corrected chi connectivity index (χ2v) is 10.5. The maximum absolute atomic E-state index is 6.62. The fourth-order valence-corrected chi connectivity index (χ4v) is 6.57. The highest BCUT2D eigenvalue weighted by molar-refractivity contribution is 6.27. The summed E-state index contributed by atoms with van der Waals surface area (Å²) < 4.78 is 12.8. The molecule has 0 atom stereocenters. The highest BCUT2D eigenvalue weighted by Gasteiger charge is 2.24. The summed E-state index contributed by atoms with van der Waals surface area (Å²) in [7, 11) is 0. The van der Waals surface area contributed by atoms with Crippen LogP contribution in [-0.2, 0) is 0 Å². The maximum atomic E-state index is 6.62. The van der Waals surface area contributed by atoms with E-state index in [2.05, 4.69) is 109 Å². The number of furan rings is 2. The van der Waals surface area contributed by atoms with E-state index in [1.54, 1.807) is 6.26 Å². The number of hydrogen-bond acceptors (Lipinski definition) is 2. The Morgan fingerprint density at radius 3 is 1.75 bits per heavy atom. The van der Waals surface area contributed by atoms with Gasteiger partial charge in [-0.1, -0.05) is 103 Å². The monoisotopic (exact) mass is 510 g/mol. The maximum Gasteiger partial charge on any atom is 0.147 e. The molecule has 0 unspecified atom stereocenters. The van der Waals surface area contributed by atoms with Crippen LogP contribution in [0, 0.1) is 0 Å². The lowest BCUT2D eigenvalue weighted by atomic mass is 9.85. The van der Waals surface area contributed by atoms with Crippen LogP contribution in [0.15, 0.2) is 142 Å². The first-order chi connectivity index (χ1) is 19.8. The second-order valence-electron chi connectivity index (χ2n) is 10.5. The summed E-state index contributed by atoms with van der Waals surface area (Å²) in [5, 5.41) is 10.5. The predicted molar refractivity (Wildman–Crippen MR) is 167 cm³/mol. The van der Waals surface area contributed by atoms with Crippen LogP contribution in [0.3, 0.4) is 0 Å². The van der Waals surface area contributed by atoms with E-state index in [9.17, 15) is 0 Å². The highest BCUT2D eigenvalue weighted by atomic mass is 16.3. The molecule has 0 amide bonds. The van der Waals surface area contributed by atoms with E-state index >= 15 is 0 Å². The molecule has 9 aromatic rings. The van der Waals surface area contributed by atoms with Crippen molar-refractivity contribution in [1.82, 2.24) is 0 Å². The molecule has 7 aromatic carbocycles. The van der Waals surface area contributed by atoms with Crippen molar-refractivity contribution in [3.63, 3.8) is 0 Å². The van der Waals surface area contributed by atoms with Gasteiger partial charge in [0.1, 0.15) is 16.7 Å². The number of benzene rings is 7. The topological polar surface area (TPSA) is 26.3 Å². The number of fused-ring (bicyclic) bond motifs is 7. The third-order valence-electron chi connectivity index (χ3n) is 8.30. The molecule has 2 heterocycles. The number of rotatable bonds is 2. The minimum Gasteiger partial charge on any atom is -0.464 e. The third-order valence-corrected chi connectivity index (χ3v) is 8.30. The van der Waals surface area contributed by atoms with E-state index in [0.29, 0.717) is 0 Å². The molecule has 0 aliphatic rings. The summed E-state index contributed by atoms with van der Waals surface area (Å²) in [5.41, 5.74) is 7.19. The summed E-state index contributed by atoms with van der Waals surface area (Å²) in [6.45, 7) is 0. The zero-order valence-corrected chi connectivity index (χ0v) is 21.5. The molecule has 0 spiro atoms. The van der Waals surface area contributed by atoms with Gasteiger partial charge in [-0.2, -0.15) is 0 Å². The van der Waals surface area contributed by atoms with Crippen molar-refractivity contribution >= 4 is 65.2 Å². The van der Waals surface area contributed by atoms with Crippen LogP contribution in [0.4, 0.5) is 0 Å². The highest BCUT2D eigenvalue weighted by Crippen LogP contribution is 2.49. The smallest absolute Gasteiger partial charge is 0.147 e. The summed E-state index contributed by atoms with van der Waals surface area (Å²) >= 11 is 0.